The number of aromatic nitrogens is 1. The summed E-state index contributed by atoms with van der Waals surface area (Å²) in [4.78, 5) is 16.2. The van der Waals surface area contributed by atoms with Crippen LogP contribution in [0.15, 0.2) is 79.1 Å². The molecular weight excluding hydrogens is 601 g/mol. The molecule has 11 heteroatoms. The summed E-state index contributed by atoms with van der Waals surface area (Å²) in [5, 5.41) is 13.8. The lowest BCUT2D eigenvalue weighted by Gasteiger charge is -2.21. The van der Waals surface area contributed by atoms with E-state index in [0.29, 0.717) is 51.5 Å². The number of rotatable bonds is 13. The quantitative estimate of drug-likeness (QED) is 0.117. The maximum Gasteiger partial charge on any atom is 0.387 e. The minimum Gasteiger partial charge on any atom is -0.506 e. The molecule has 43 heavy (non-hydrogen) atoms. The lowest BCUT2D eigenvalue weighted by Crippen LogP contribution is -2.16. The van der Waals surface area contributed by atoms with Gasteiger partial charge in [-0.1, -0.05) is 53.5 Å². The minimum atomic E-state index is -3.03. The van der Waals surface area contributed by atoms with Gasteiger partial charge in [-0.15, -0.1) is 0 Å². The largest absolute Gasteiger partial charge is 0.506 e. The van der Waals surface area contributed by atoms with Gasteiger partial charge in [-0.3, -0.25) is 0 Å². The number of para-hydroxylation sites is 2. The molecule has 0 saturated heterocycles. The second kappa shape index (κ2) is 13.9. The van der Waals surface area contributed by atoms with Crippen molar-refractivity contribution in [2.24, 2.45) is 5.92 Å². The van der Waals surface area contributed by atoms with E-state index >= 15 is 0 Å². The molecule has 5 rings (SSSR count). The van der Waals surface area contributed by atoms with Gasteiger partial charge in [-0.25, -0.2) is 9.78 Å². The number of hydrogen-bond donors (Lipinski definition) is 2. The smallest absolute Gasteiger partial charge is 0.387 e. The highest BCUT2D eigenvalue weighted by Gasteiger charge is 2.26. The van der Waals surface area contributed by atoms with Crippen LogP contribution in [-0.4, -0.2) is 24.3 Å². The zero-order valence-electron chi connectivity index (χ0n) is 22.9. The van der Waals surface area contributed by atoms with E-state index < -0.39 is 18.7 Å². The van der Waals surface area contributed by atoms with Gasteiger partial charge in [0.2, 0.25) is 0 Å². The zero-order chi connectivity index (χ0) is 30.3. The highest BCUT2D eigenvalue weighted by Crippen LogP contribution is 2.38. The Kier molecular flexibility index (Phi) is 9.84. The van der Waals surface area contributed by atoms with Gasteiger partial charge in [0, 0.05) is 18.5 Å². The number of phenolic OH excluding ortho intramolecular Hbond substituents is 1. The summed E-state index contributed by atoms with van der Waals surface area (Å²) in [6.45, 7) is -2.24. The standard InChI is InChI=1S/C32H28Cl2F2N2O5/c33-24-16-37-17-25(34)23(24)14-29(22-11-12-28(43-32(35)36)30(13-22)41-18-20-5-6-20)42-31(40)21-9-7-19(8-10-21)15-38-26-3-1-2-4-27(26)39/h1-4,7-13,16-17,20,29,32,38-39H,5-6,14-15,18H2/p+1/t29-/m0/s1. The van der Waals surface area contributed by atoms with Crippen molar-refractivity contribution in [2.75, 3.05) is 11.9 Å². The number of halogens is 4. The van der Waals surface area contributed by atoms with Gasteiger partial charge in [0.25, 0.3) is 0 Å². The van der Waals surface area contributed by atoms with E-state index in [1.165, 1.54) is 6.07 Å². The molecule has 0 aliphatic heterocycles. The number of carbonyl (C=O) groups excluding carboxylic acids is 1. The van der Waals surface area contributed by atoms with Gasteiger partial charge in [0.15, 0.2) is 23.9 Å². The molecule has 0 bridgehead atoms. The predicted molar refractivity (Wildman–Crippen MR) is 158 cm³/mol. The molecule has 3 aromatic carbocycles. The lowest BCUT2D eigenvalue weighted by molar-refractivity contribution is -0.377. The van der Waals surface area contributed by atoms with Crippen molar-refractivity contribution < 1.29 is 37.9 Å². The number of aromatic amines is 1. The molecule has 1 aliphatic rings. The molecule has 1 heterocycles. The Hall–Kier alpha value is -4.08. The van der Waals surface area contributed by atoms with E-state index in [4.69, 9.17) is 32.7 Å². The third-order valence-corrected chi connectivity index (χ3v) is 7.61. The SMILES string of the molecule is O=C(O[C@@H](Cc1c(Cl)c[nH+]cc1Cl)c1ccc(OC(F)F)c(OCC2CC2)c1)c1ccc(CNc2ccccc2O)cc1. The van der Waals surface area contributed by atoms with Crippen LogP contribution in [0.3, 0.4) is 0 Å². The molecule has 7 nitrogen and oxygen atoms in total. The van der Waals surface area contributed by atoms with Crippen LogP contribution in [0, 0.1) is 5.92 Å². The van der Waals surface area contributed by atoms with Gasteiger partial charge in [0.05, 0.1) is 17.9 Å². The maximum atomic E-state index is 13.3. The number of H-pyrrole nitrogens is 1. The van der Waals surface area contributed by atoms with Crippen LogP contribution >= 0.6 is 23.2 Å². The van der Waals surface area contributed by atoms with E-state index in [1.54, 1.807) is 67.0 Å². The number of anilines is 1. The monoisotopic (exact) mass is 629 g/mol. The zero-order valence-corrected chi connectivity index (χ0v) is 24.4. The first kappa shape index (κ1) is 30.4. The third-order valence-electron chi connectivity index (χ3n) is 6.94. The van der Waals surface area contributed by atoms with Crippen LogP contribution in [0.5, 0.6) is 17.2 Å². The number of hydrogen-bond acceptors (Lipinski definition) is 6. The number of ether oxygens (including phenoxy) is 3. The Balaban J connectivity index is 1.37. The van der Waals surface area contributed by atoms with Crippen LogP contribution < -0.4 is 19.8 Å². The van der Waals surface area contributed by atoms with Crippen LogP contribution in [0.1, 0.15) is 46.0 Å². The Labute approximate surface area is 257 Å². The van der Waals surface area contributed by atoms with Crippen LogP contribution in [0.2, 0.25) is 10.0 Å². The highest BCUT2D eigenvalue weighted by atomic mass is 35.5. The minimum absolute atomic E-state index is 0.108. The number of aromatic hydroxyl groups is 1. The van der Waals surface area contributed by atoms with Crippen LogP contribution in [0.25, 0.3) is 0 Å². The first-order valence-electron chi connectivity index (χ1n) is 13.6. The summed E-state index contributed by atoms with van der Waals surface area (Å²) in [5.74, 6) is -0.0756. The van der Waals surface area contributed by atoms with Crippen molar-refractivity contribution >= 4 is 34.9 Å². The van der Waals surface area contributed by atoms with Gasteiger partial charge >= 0.3 is 12.6 Å². The second-order valence-electron chi connectivity index (χ2n) is 10.1. The summed E-state index contributed by atoms with van der Waals surface area (Å²) in [6, 6.07) is 18.2. The second-order valence-corrected chi connectivity index (χ2v) is 10.9. The normalized spacial score (nSPS) is 13.4. The molecule has 0 unspecified atom stereocenters. The van der Waals surface area contributed by atoms with Crippen molar-refractivity contribution in [1.29, 1.82) is 0 Å². The number of alkyl halides is 2. The Bertz CT molecular complexity index is 1550. The first-order valence-corrected chi connectivity index (χ1v) is 14.4. The number of nitrogens with one attached hydrogen (secondary N) is 2. The average molecular weight is 630 g/mol. The summed E-state index contributed by atoms with van der Waals surface area (Å²) < 4.78 is 42.7. The van der Waals surface area contributed by atoms with Crippen molar-refractivity contribution in [3.05, 3.63) is 111 Å². The van der Waals surface area contributed by atoms with Gasteiger partial charge in [0.1, 0.15) is 21.9 Å². The molecule has 0 spiro atoms. The van der Waals surface area contributed by atoms with Gasteiger partial charge in [-0.05, 0) is 66.3 Å². The molecule has 1 aliphatic carbocycles. The van der Waals surface area contributed by atoms with E-state index in [1.807, 2.05) is 6.07 Å². The molecule has 1 aromatic heterocycles. The highest BCUT2D eigenvalue weighted by molar-refractivity contribution is 6.35. The number of phenols is 1. The fourth-order valence-electron chi connectivity index (χ4n) is 4.38. The molecule has 1 fully saturated rings. The summed E-state index contributed by atoms with van der Waals surface area (Å²) in [5.41, 5.74) is 2.80. The summed E-state index contributed by atoms with van der Waals surface area (Å²) in [7, 11) is 0. The van der Waals surface area contributed by atoms with E-state index in [2.05, 4.69) is 15.0 Å². The Morgan fingerprint density at radius 2 is 1.72 bits per heavy atom. The fraction of sp³-hybridized carbons (Fsp3) is 0.250. The number of benzene rings is 3. The molecule has 224 valence electrons. The number of carbonyl (C=O) groups is 1. The summed E-state index contributed by atoms with van der Waals surface area (Å²) >= 11 is 12.8. The predicted octanol–water partition coefficient (Wildman–Crippen LogP) is 7.66. The van der Waals surface area contributed by atoms with Crippen molar-refractivity contribution in [2.45, 2.75) is 38.5 Å². The lowest BCUT2D eigenvalue weighted by atomic mass is 10.0. The van der Waals surface area contributed by atoms with E-state index in [0.717, 1.165) is 18.4 Å². The van der Waals surface area contributed by atoms with Crippen LogP contribution in [0.4, 0.5) is 14.5 Å². The third kappa shape index (κ3) is 8.27. The topological polar surface area (TPSA) is 91.2 Å². The van der Waals surface area contributed by atoms with Crippen LogP contribution in [-0.2, 0) is 17.7 Å². The van der Waals surface area contributed by atoms with E-state index in [-0.39, 0.29) is 23.7 Å². The van der Waals surface area contributed by atoms with Crippen molar-refractivity contribution in [1.82, 2.24) is 0 Å². The Morgan fingerprint density at radius 1 is 1.00 bits per heavy atom. The molecule has 1 saturated carbocycles. The van der Waals surface area contributed by atoms with E-state index in [9.17, 15) is 18.7 Å². The molecule has 1 atom stereocenters. The summed E-state index contributed by atoms with van der Waals surface area (Å²) in [6.07, 6.45) is 4.36. The molecule has 0 amide bonds. The molecule has 0 radical (unpaired) electrons. The Morgan fingerprint density at radius 3 is 2.40 bits per heavy atom. The molecule has 4 aromatic rings. The molecule has 3 N–H and O–H groups in total. The van der Waals surface area contributed by atoms with Gasteiger partial charge < -0.3 is 24.6 Å². The molecular formula is C32H29Cl2F2N2O5+. The maximum absolute atomic E-state index is 13.3. The van der Waals surface area contributed by atoms with Crippen molar-refractivity contribution in [3.8, 4) is 17.2 Å². The van der Waals surface area contributed by atoms with Crippen molar-refractivity contribution in [3.63, 3.8) is 0 Å². The van der Waals surface area contributed by atoms with Gasteiger partial charge in [-0.2, -0.15) is 8.78 Å². The first-order chi connectivity index (χ1) is 20.8. The number of pyridine rings is 1. The fourth-order valence-corrected chi connectivity index (χ4v) is 4.92. The average Bonchev–Trinajstić information content (AvgIpc) is 3.82. The number of esters is 1.